The number of hydrogen-bond donors (Lipinski definition) is 2. The monoisotopic (exact) mass is 380 g/mol. The smallest absolute Gasteiger partial charge is 0.204 e. The lowest BCUT2D eigenvalue weighted by molar-refractivity contribution is 0.365. The number of nitrogens with zero attached hydrogens (tertiary/aromatic N) is 2. The SMILES string of the molecule is N=C(c1ccc(Oc2c(F)c(F)cc(F)c2F)cc1F)c1cncnc1N. The predicted molar refractivity (Wildman–Crippen MR) is 85.1 cm³/mol. The van der Waals surface area contributed by atoms with E-state index in [9.17, 15) is 22.0 Å². The molecule has 0 radical (unpaired) electrons. The Morgan fingerprint density at radius 1 is 0.926 bits per heavy atom. The molecule has 0 saturated heterocycles. The van der Waals surface area contributed by atoms with Crippen LogP contribution in [0.3, 0.4) is 0 Å². The summed E-state index contributed by atoms with van der Waals surface area (Å²) in [6, 6.07) is 2.86. The van der Waals surface area contributed by atoms with Crippen molar-refractivity contribution in [3.05, 3.63) is 77.0 Å². The molecule has 0 aliphatic rings. The molecular formula is C17H9F5N4O. The fraction of sp³-hybridized carbons (Fsp3) is 0. The molecule has 0 amide bonds. The summed E-state index contributed by atoms with van der Waals surface area (Å²) in [5.74, 6) is -9.70. The van der Waals surface area contributed by atoms with Crippen molar-refractivity contribution in [3.63, 3.8) is 0 Å². The highest BCUT2D eigenvalue weighted by molar-refractivity contribution is 6.13. The highest BCUT2D eigenvalue weighted by Crippen LogP contribution is 2.32. The molecule has 0 atom stereocenters. The Balaban J connectivity index is 1.95. The lowest BCUT2D eigenvalue weighted by atomic mass is 10.0. The average molecular weight is 380 g/mol. The summed E-state index contributed by atoms with van der Waals surface area (Å²) in [4.78, 5) is 7.39. The largest absolute Gasteiger partial charge is 0.451 e. The maximum Gasteiger partial charge on any atom is 0.204 e. The standard InChI is InChI=1S/C17H9F5N4O/c18-10-3-7(27-16-13(21)11(19)4-12(20)14(16)22)1-2-8(10)15(23)9-5-25-6-26-17(9)24/h1-6,23H,(H2,24,25,26). The Morgan fingerprint density at radius 2 is 1.59 bits per heavy atom. The molecule has 0 saturated carbocycles. The molecule has 27 heavy (non-hydrogen) atoms. The molecule has 10 heteroatoms. The second-order valence-electron chi connectivity index (χ2n) is 5.24. The normalized spacial score (nSPS) is 10.7. The minimum absolute atomic E-state index is 0.0227. The summed E-state index contributed by atoms with van der Waals surface area (Å²) < 4.78 is 72.8. The summed E-state index contributed by atoms with van der Waals surface area (Å²) in [7, 11) is 0. The number of aromatic nitrogens is 2. The number of nitrogens with two attached hydrogens (primary N) is 1. The number of halogens is 5. The molecule has 138 valence electrons. The number of nitrogens with one attached hydrogen (secondary N) is 1. The average Bonchev–Trinajstić information content (AvgIpc) is 2.63. The van der Waals surface area contributed by atoms with Crippen molar-refractivity contribution in [2.24, 2.45) is 0 Å². The lowest BCUT2D eigenvalue weighted by Crippen LogP contribution is -2.09. The van der Waals surface area contributed by atoms with E-state index < -0.39 is 40.6 Å². The third-order valence-corrected chi connectivity index (χ3v) is 3.51. The first kappa shape index (κ1) is 18.2. The number of rotatable bonds is 4. The molecule has 0 spiro atoms. The lowest BCUT2D eigenvalue weighted by Gasteiger charge is -2.11. The first-order valence-electron chi connectivity index (χ1n) is 7.24. The van der Waals surface area contributed by atoms with Gasteiger partial charge in [-0.1, -0.05) is 0 Å². The van der Waals surface area contributed by atoms with Crippen LogP contribution in [0.5, 0.6) is 11.5 Å². The van der Waals surface area contributed by atoms with Gasteiger partial charge in [-0.25, -0.2) is 23.1 Å². The van der Waals surface area contributed by atoms with Crippen molar-refractivity contribution < 1.29 is 26.7 Å². The molecule has 0 aliphatic heterocycles. The van der Waals surface area contributed by atoms with Crippen LogP contribution >= 0.6 is 0 Å². The molecule has 0 aliphatic carbocycles. The van der Waals surface area contributed by atoms with Gasteiger partial charge in [-0.15, -0.1) is 0 Å². The molecule has 0 unspecified atom stereocenters. The van der Waals surface area contributed by atoms with Crippen LogP contribution in [0.4, 0.5) is 27.8 Å². The third kappa shape index (κ3) is 3.41. The van der Waals surface area contributed by atoms with Crippen molar-refractivity contribution in [2.75, 3.05) is 5.73 Å². The Hall–Kier alpha value is -3.56. The van der Waals surface area contributed by atoms with E-state index in [0.29, 0.717) is 6.07 Å². The molecule has 1 heterocycles. The highest BCUT2D eigenvalue weighted by Gasteiger charge is 2.22. The van der Waals surface area contributed by atoms with Gasteiger partial charge in [0.25, 0.3) is 0 Å². The van der Waals surface area contributed by atoms with Crippen molar-refractivity contribution in [1.82, 2.24) is 9.97 Å². The predicted octanol–water partition coefficient (Wildman–Crippen LogP) is 3.96. The third-order valence-electron chi connectivity index (χ3n) is 3.51. The van der Waals surface area contributed by atoms with Gasteiger partial charge in [0.15, 0.2) is 11.6 Å². The number of hydrogen-bond acceptors (Lipinski definition) is 5. The molecule has 3 rings (SSSR count). The second kappa shape index (κ2) is 6.98. The van der Waals surface area contributed by atoms with Crippen LogP contribution in [0.1, 0.15) is 11.1 Å². The first-order valence-corrected chi connectivity index (χ1v) is 7.24. The molecule has 0 fully saturated rings. The van der Waals surface area contributed by atoms with Gasteiger partial charge < -0.3 is 10.5 Å². The fourth-order valence-corrected chi connectivity index (χ4v) is 2.20. The number of ether oxygens (including phenoxy) is 1. The summed E-state index contributed by atoms with van der Waals surface area (Å²) in [5.41, 5.74) is 5.11. The van der Waals surface area contributed by atoms with E-state index in [1.165, 1.54) is 6.20 Å². The van der Waals surface area contributed by atoms with Gasteiger partial charge in [0, 0.05) is 23.9 Å². The summed E-state index contributed by atoms with van der Waals surface area (Å²) >= 11 is 0. The number of nitrogen functional groups attached to an aromatic ring is 1. The van der Waals surface area contributed by atoms with E-state index in [1.54, 1.807) is 0 Å². The molecule has 2 aromatic carbocycles. The van der Waals surface area contributed by atoms with Gasteiger partial charge in [-0.3, -0.25) is 5.41 Å². The summed E-state index contributed by atoms with van der Waals surface area (Å²) in [5, 5.41) is 8.01. The first-order chi connectivity index (χ1) is 12.8. The molecule has 3 N–H and O–H groups in total. The summed E-state index contributed by atoms with van der Waals surface area (Å²) in [6.45, 7) is 0. The van der Waals surface area contributed by atoms with Crippen LogP contribution in [0.15, 0.2) is 36.8 Å². The Morgan fingerprint density at radius 3 is 2.19 bits per heavy atom. The Kier molecular flexibility index (Phi) is 4.72. The molecule has 5 nitrogen and oxygen atoms in total. The van der Waals surface area contributed by atoms with Crippen molar-refractivity contribution in [1.29, 1.82) is 5.41 Å². The van der Waals surface area contributed by atoms with Crippen LogP contribution < -0.4 is 10.5 Å². The van der Waals surface area contributed by atoms with E-state index in [2.05, 4.69) is 9.97 Å². The maximum absolute atomic E-state index is 14.3. The van der Waals surface area contributed by atoms with Crippen LogP contribution in [0, 0.1) is 34.5 Å². The van der Waals surface area contributed by atoms with E-state index in [-0.39, 0.29) is 28.7 Å². The Labute approximate surface area is 148 Å². The van der Waals surface area contributed by atoms with Gasteiger partial charge in [0.2, 0.25) is 17.4 Å². The minimum atomic E-state index is -1.76. The van der Waals surface area contributed by atoms with Crippen molar-refractivity contribution in [2.45, 2.75) is 0 Å². The van der Waals surface area contributed by atoms with Crippen LogP contribution in [0.2, 0.25) is 0 Å². The van der Waals surface area contributed by atoms with Crippen LogP contribution in [-0.4, -0.2) is 15.7 Å². The summed E-state index contributed by atoms with van der Waals surface area (Å²) in [6.07, 6.45) is 2.37. The minimum Gasteiger partial charge on any atom is -0.451 e. The van der Waals surface area contributed by atoms with Gasteiger partial charge in [-0.2, -0.15) is 8.78 Å². The molecular weight excluding hydrogens is 371 g/mol. The zero-order valence-electron chi connectivity index (χ0n) is 13.2. The molecule has 0 bridgehead atoms. The van der Waals surface area contributed by atoms with Gasteiger partial charge >= 0.3 is 0 Å². The van der Waals surface area contributed by atoms with Gasteiger partial charge in [0.05, 0.1) is 11.3 Å². The number of benzene rings is 2. The van der Waals surface area contributed by atoms with E-state index in [4.69, 9.17) is 15.9 Å². The van der Waals surface area contributed by atoms with E-state index in [1.807, 2.05) is 0 Å². The fourth-order valence-electron chi connectivity index (χ4n) is 2.20. The topological polar surface area (TPSA) is 84.9 Å². The van der Waals surface area contributed by atoms with Crippen molar-refractivity contribution in [3.8, 4) is 11.5 Å². The zero-order valence-corrected chi connectivity index (χ0v) is 13.2. The van der Waals surface area contributed by atoms with Gasteiger partial charge in [-0.05, 0) is 12.1 Å². The highest BCUT2D eigenvalue weighted by atomic mass is 19.2. The maximum atomic E-state index is 14.3. The van der Waals surface area contributed by atoms with Crippen LogP contribution in [0.25, 0.3) is 0 Å². The van der Waals surface area contributed by atoms with E-state index in [0.717, 1.165) is 18.5 Å². The Bertz CT molecular complexity index is 1030. The zero-order chi connectivity index (χ0) is 19.7. The van der Waals surface area contributed by atoms with Gasteiger partial charge in [0.1, 0.15) is 23.7 Å². The molecule has 1 aromatic heterocycles. The quantitative estimate of drug-likeness (QED) is 0.408. The van der Waals surface area contributed by atoms with Crippen molar-refractivity contribution >= 4 is 11.5 Å². The molecule has 3 aromatic rings. The van der Waals surface area contributed by atoms with Crippen LogP contribution in [-0.2, 0) is 0 Å². The second-order valence-corrected chi connectivity index (χ2v) is 5.24. The number of anilines is 1. The van der Waals surface area contributed by atoms with E-state index >= 15 is 0 Å².